The summed E-state index contributed by atoms with van der Waals surface area (Å²) in [7, 11) is 0. The standard InChI is InChI=1S/C12H11N/c1-2-5-10-6-3-7-11-8-4-9-13-12(10)11/h2-9H,1H3/b5-2+. The van der Waals surface area contributed by atoms with Gasteiger partial charge in [0.1, 0.15) is 0 Å². The molecule has 13 heavy (non-hydrogen) atoms. The summed E-state index contributed by atoms with van der Waals surface area (Å²) in [6.07, 6.45) is 5.94. The van der Waals surface area contributed by atoms with E-state index in [1.807, 2.05) is 25.3 Å². The maximum absolute atomic E-state index is 4.35. The molecule has 0 aliphatic rings. The molecule has 0 unspecified atom stereocenters. The Morgan fingerprint density at radius 3 is 2.85 bits per heavy atom. The lowest BCUT2D eigenvalue weighted by Gasteiger charge is -1.99. The van der Waals surface area contributed by atoms with Crippen LogP contribution in [0.2, 0.25) is 0 Å². The molecule has 1 aromatic carbocycles. The molecule has 1 aromatic heterocycles. The zero-order valence-electron chi connectivity index (χ0n) is 7.57. The van der Waals surface area contributed by atoms with Crippen molar-refractivity contribution in [3.05, 3.63) is 48.2 Å². The second-order valence-electron chi connectivity index (χ2n) is 2.92. The first kappa shape index (κ1) is 7.99. The predicted octanol–water partition coefficient (Wildman–Crippen LogP) is 3.27. The molecule has 1 nitrogen and oxygen atoms in total. The fourth-order valence-corrected chi connectivity index (χ4v) is 1.44. The fraction of sp³-hybridized carbons (Fsp3) is 0.0833. The van der Waals surface area contributed by atoms with Gasteiger partial charge in [-0.1, -0.05) is 36.4 Å². The highest BCUT2D eigenvalue weighted by atomic mass is 14.6. The molecule has 0 aliphatic carbocycles. The molecule has 0 fully saturated rings. The van der Waals surface area contributed by atoms with Gasteiger partial charge < -0.3 is 0 Å². The van der Waals surface area contributed by atoms with E-state index in [9.17, 15) is 0 Å². The lowest BCUT2D eigenvalue weighted by Crippen LogP contribution is -1.81. The number of fused-ring (bicyclic) bond motifs is 1. The zero-order valence-corrected chi connectivity index (χ0v) is 7.57. The fourth-order valence-electron chi connectivity index (χ4n) is 1.44. The Morgan fingerprint density at radius 2 is 2.00 bits per heavy atom. The molecule has 0 spiro atoms. The van der Waals surface area contributed by atoms with Crippen LogP contribution in [0.15, 0.2) is 42.6 Å². The van der Waals surface area contributed by atoms with Crippen molar-refractivity contribution in [2.75, 3.05) is 0 Å². The second-order valence-corrected chi connectivity index (χ2v) is 2.92. The van der Waals surface area contributed by atoms with E-state index in [1.54, 1.807) is 0 Å². The summed E-state index contributed by atoms with van der Waals surface area (Å²) >= 11 is 0. The summed E-state index contributed by atoms with van der Waals surface area (Å²) in [6.45, 7) is 2.02. The number of hydrogen-bond donors (Lipinski definition) is 0. The van der Waals surface area contributed by atoms with E-state index in [2.05, 4.69) is 35.3 Å². The molecule has 0 bridgehead atoms. The van der Waals surface area contributed by atoms with E-state index >= 15 is 0 Å². The van der Waals surface area contributed by atoms with E-state index in [-0.39, 0.29) is 0 Å². The van der Waals surface area contributed by atoms with Crippen LogP contribution in [0.4, 0.5) is 0 Å². The highest BCUT2D eigenvalue weighted by Crippen LogP contribution is 2.16. The largest absolute Gasteiger partial charge is 0.256 e. The van der Waals surface area contributed by atoms with Crippen LogP contribution in [-0.4, -0.2) is 4.98 Å². The van der Waals surface area contributed by atoms with Crippen molar-refractivity contribution >= 4 is 17.0 Å². The van der Waals surface area contributed by atoms with Crippen LogP contribution in [0, 0.1) is 0 Å². The van der Waals surface area contributed by atoms with Gasteiger partial charge in [-0.25, -0.2) is 0 Å². The Labute approximate surface area is 77.7 Å². The van der Waals surface area contributed by atoms with Crippen molar-refractivity contribution in [1.82, 2.24) is 4.98 Å². The number of aromatic nitrogens is 1. The second kappa shape index (κ2) is 3.40. The van der Waals surface area contributed by atoms with E-state index in [4.69, 9.17) is 0 Å². The van der Waals surface area contributed by atoms with Crippen molar-refractivity contribution < 1.29 is 0 Å². The highest BCUT2D eigenvalue weighted by molar-refractivity contribution is 5.86. The van der Waals surface area contributed by atoms with Crippen LogP contribution in [0.5, 0.6) is 0 Å². The molecule has 64 valence electrons. The number of nitrogens with zero attached hydrogens (tertiary/aromatic N) is 1. The average Bonchev–Trinajstić information content (AvgIpc) is 2.19. The van der Waals surface area contributed by atoms with Crippen molar-refractivity contribution in [2.45, 2.75) is 6.92 Å². The molecule has 0 atom stereocenters. The third kappa shape index (κ3) is 1.45. The molecule has 1 heteroatoms. The summed E-state index contributed by atoms with van der Waals surface area (Å²) in [5.41, 5.74) is 2.25. The maximum Gasteiger partial charge on any atom is 0.0774 e. The molecular weight excluding hydrogens is 158 g/mol. The lowest BCUT2D eigenvalue weighted by molar-refractivity contribution is 1.40. The van der Waals surface area contributed by atoms with E-state index < -0.39 is 0 Å². The van der Waals surface area contributed by atoms with E-state index in [0.717, 1.165) is 5.52 Å². The molecule has 0 radical (unpaired) electrons. The summed E-state index contributed by atoms with van der Waals surface area (Å²) in [5.74, 6) is 0. The zero-order chi connectivity index (χ0) is 9.10. The van der Waals surface area contributed by atoms with Gasteiger partial charge in [0.2, 0.25) is 0 Å². The normalized spacial score (nSPS) is 11.2. The summed E-state index contributed by atoms with van der Waals surface area (Å²) < 4.78 is 0. The minimum atomic E-state index is 1.07. The number of pyridine rings is 1. The van der Waals surface area contributed by atoms with Gasteiger partial charge in [0.05, 0.1) is 5.52 Å². The summed E-state index contributed by atoms with van der Waals surface area (Å²) in [4.78, 5) is 4.35. The van der Waals surface area contributed by atoms with Crippen molar-refractivity contribution in [1.29, 1.82) is 0 Å². The summed E-state index contributed by atoms with van der Waals surface area (Å²) in [5, 5.41) is 1.19. The first-order valence-electron chi connectivity index (χ1n) is 4.38. The minimum Gasteiger partial charge on any atom is -0.256 e. The monoisotopic (exact) mass is 169 g/mol. The lowest BCUT2D eigenvalue weighted by atomic mass is 10.1. The van der Waals surface area contributed by atoms with E-state index in [0.29, 0.717) is 0 Å². The van der Waals surface area contributed by atoms with Crippen molar-refractivity contribution in [3.8, 4) is 0 Å². The first-order chi connectivity index (χ1) is 6.42. The Hall–Kier alpha value is -1.63. The van der Waals surface area contributed by atoms with Gasteiger partial charge in [-0.3, -0.25) is 4.98 Å². The molecule has 0 aliphatic heterocycles. The number of para-hydroxylation sites is 1. The Bertz CT molecular complexity index is 438. The van der Waals surface area contributed by atoms with Crippen molar-refractivity contribution in [3.63, 3.8) is 0 Å². The molecule has 2 rings (SSSR count). The number of allylic oxidation sites excluding steroid dienone is 1. The molecule has 0 saturated carbocycles. The van der Waals surface area contributed by atoms with E-state index in [1.165, 1.54) is 10.9 Å². The Morgan fingerprint density at radius 1 is 1.15 bits per heavy atom. The minimum absolute atomic E-state index is 1.07. The molecular formula is C12H11N. The highest BCUT2D eigenvalue weighted by Gasteiger charge is 1.96. The number of rotatable bonds is 1. The molecule has 0 saturated heterocycles. The van der Waals surface area contributed by atoms with Crippen LogP contribution >= 0.6 is 0 Å². The van der Waals surface area contributed by atoms with Crippen LogP contribution < -0.4 is 0 Å². The van der Waals surface area contributed by atoms with Crippen molar-refractivity contribution in [2.24, 2.45) is 0 Å². The first-order valence-corrected chi connectivity index (χ1v) is 4.38. The topological polar surface area (TPSA) is 12.9 Å². The smallest absolute Gasteiger partial charge is 0.0774 e. The van der Waals surface area contributed by atoms with Gasteiger partial charge in [-0.2, -0.15) is 0 Å². The number of benzene rings is 1. The third-order valence-corrected chi connectivity index (χ3v) is 2.01. The van der Waals surface area contributed by atoms with Crippen LogP contribution in [-0.2, 0) is 0 Å². The Balaban J connectivity index is 2.75. The predicted molar refractivity (Wildman–Crippen MR) is 56.5 cm³/mol. The average molecular weight is 169 g/mol. The van der Waals surface area contributed by atoms with Crippen LogP contribution in [0.25, 0.3) is 17.0 Å². The maximum atomic E-state index is 4.35. The van der Waals surface area contributed by atoms with Crippen LogP contribution in [0.3, 0.4) is 0 Å². The van der Waals surface area contributed by atoms with Gasteiger partial charge in [0, 0.05) is 17.1 Å². The van der Waals surface area contributed by atoms with Gasteiger partial charge in [0.25, 0.3) is 0 Å². The molecule has 1 heterocycles. The van der Waals surface area contributed by atoms with Gasteiger partial charge in [0.15, 0.2) is 0 Å². The molecule has 0 amide bonds. The quantitative estimate of drug-likeness (QED) is 0.638. The molecule has 2 aromatic rings. The van der Waals surface area contributed by atoms with Gasteiger partial charge in [-0.05, 0) is 13.0 Å². The van der Waals surface area contributed by atoms with Gasteiger partial charge in [-0.15, -0.1) is 0 Å². The van der Waals surface area contributed by atoms with Gasteiger partial charge >= 0.3 is 0 Å². The summed E-state index contributed by atoms with van der Waals surface area (Å²) in [6, 6.07) is 10.3. The number of hydrogen-bond acceptors (Lipinski definition) is 1. The molecule has 0 N–H and O–H groups in total. The van der Waals surface area contributed by atoms with Crippen LogP contribution in [0.1, 0.15) is 12.5 Å². The SMILES string of the molecule is C/C=C/c1cccc2cccnc12. The Kier molecular flexibility index (Phi) is 2.09. The third-order valence-electron chi connectivity index (χ3n) is 2.01.